The van der Waals surface area contributed by atoms with E-state index in [4.69, 9.17) is 0 Å². The predicted octanol–water partition coefficient (Wildman–Crippen LogP) is 4.44. The number of carbonyl (C=O) groups is 1. The van der Waals surface area contributed by atoms with Gasteiger partial charge in [-0.1, -0.05) is 6.92 Å². The maximum absolute atomic E-state index is 13.7. The molecule has 0 atom stereocenters. The van der Waals surface area contributed by atoms with Crippen LogP contribution in [0.15, 0.2) is 36.5 Å². The molecule has 2 aromatic heterocycles. The third-order valence-corrected chi connectivity index (χ3v) is 4.79. The van der Waals surface area contributed by atoms with Crippen LogP contribution in [0.5, 0.6) is 0 Å². The molecule has 2 heterocycles. The summed E-state index contributed by atoms with van der Waals surface area (Å²) in [6.45, 7) is 9.98. The first kappa shape index (κ1) is 18.9. The molecular weight excluding hydrogens is 343 g/mol. The van der Waals surface area contributed by atoms with E-state index in [-0.39, 0.29) is 5.91 Å². The second-order valence-electron chi connectivity index (χ2n) is 6.46. The maximum atomic E-state index is 13.7. The number of aromatic nitrogens is 2. The quantitative estimate of drug-likeness (QED) is 0.700. The van der Waals surface area contributed by atoms with Gasteiger partial charge in [0, 0.05) is 30.7 Å². The molecule has 0 fully saturated rings. The summed E-state index contributed by atoms with van der Waals surface area (Å²) in [5.74, 6) is -0.694. The number of carbonyl (C=O) groups excluding carboxylic acids is 1. The molecule has 0 bridgehead atoms. The summed E-state index contributed by atoms with van der Waals surface area (Å²) in [7, 11) is 0. The van der Waals surface area contributed by atoms with Gasteiger partial charge in [0.15, 0.2) is 0 Å². The minimum Gasteiger partial charge on any atom is -0.372 e. The summed E-state index contributed by atoms with van der Waals surface area (Å²) in [5.41, 5.74) is 4.43. The Balaban J connectivity index is 1.94. The fraction of sp³-hybridized carbons (Fsp3) is 0.333. The van der Waals surface area contributed by atoms with Crippen molar-refractivity contribution in [2.45, 2.75) is 34.1 Å². The van der Waals surface area contributed by atoms with Crippen LogP contribution in [0.2, 0.25) is 0 Å². The van der Waals surface area contributed by atoms with E-state index < -0.39 is 5.82 Å². The molecule has 1 N–H and O–H groups in total. The smallest absolute Gasteiger partial charge is 0.274 e. The first-order chi connectivity index (χ1) is 13.0. The number of halogens is 1. The van der Waals surface area contributed by atoms with Gasteiger partial charge >= 0.3 is 0 Å². The minimum absolute atomic E-state index is 0.288. The fourth-order valence-electron chi connectivity index (χ4n) is 3.31. The van der Waals surface area contributed by atoms with E-state index in [0.717, 1.165) is 30.0 Å². The van der Waals surface area contributed by atoms with E-state index >= 15 is 0 Å². The number of imidazole rings is 1. The molecule has 1 amide bonds. The van der Waals surface area contributed by atoms with Crippen molar-refractivity contribution in [1.29, 1.82) is 0 Å². The van der Waals surface area contributed by atoms with Gasteiger partial charge in [-0.05, 0) is 63.1 Å². The molecule has 0 aliphatic carbocycles. The lowest BCUT2D eigenvalue weighted by molar-refractivity contribution is 0.102. The number of hydrogen-bond acceptors (Lipinski definition) is 3. The van der Waals surface area contributed by atoms with Crippen LogP contribution >= 0.6 is 0 Å². The zero-order valence-corrected chi connectivity index (χ0v) is 16.2. The van der Waals surface area contributed by atoms with Crippen LogP contribution in [0.3, 0.4) is 0 Å². The van der Waals surface area contributed by atoms with Crippen LogP contribution < -0.4 is 10.2 Å². The Labute approximate surface area is 158 Å². The normalized spacial score (nSPS) is 11.0. The Hall–Kier alpha value is -2.89. The molecule has 0 saturated carbocycles. The first-order valence-electron chi connectivity index (χ1n) is 9.31. The van der Waals surface area contributed by atoms with Crippen molar-refractivity contribution in [3.8, 4) is 0 Å². The molecule has 0 radical (unpaired) electrons. The number of fused-ring (bicyclic) bond motifs is 1. The highest BCUT2D eigenvalue weighted by Gasteiger charge is 2.19. The summed E-state index contributed by atoms with van der Waals surface area (Å²) in [5, 5.41) is 2.96. The van der Waals surface area contributed by atoms with Gasteiger partial charge in [-0.2, -0.15) is 0 Å². The van der Waals surface area contributed by atoms with Crippen LogP contribution in [-0.2, 0) is 6.42 Å². The van der Waals surface area contributed by atoms with E-state index in [0.29, 0.717) is 23.5 Å². The Morgan fingerprint density at radius 3 is 2.56 bits per heavy atom. The number of benzene rings is 1. The van der Waals surface area contributed by atoms with Gasteiger partial charge in [0.05, 0.1) is 5.69 Å². The molecule has 0 spiro atoms. The standard InChI is InChI=1S/C21H25FN4O/c1-5-17-20(26-13-15(22)8-11-19(26)23-17)21(27)24-18-10-9-16(12-14(18)4)25(6-2)7-3/h8-13H,5-7H2,1-4H3,(H,24,27). The lowest BCUT2D eigenvalue weighted by Crippen LogP contribution is -2.22. The average Bonchev–Trinajstić information content (AvgIpc) is 3.02. The van der Waals surface area contributed by atoms with E-state index in [1.165, 1.54) is 16.7 Å². The van der Waals surface area contributed by atoms with Crippen LogP contribution in [0.1, 0.15) is 42.5 Å². The molecule has 0 saturated heterocycles. The average molecular weight is 368 g/mol. The van der Waals surface area contributed by atoms with Crippen molar-refractivity contribution >= 4 is 22.9 Å². The molecule has 0 aliphatic heterocycles. The second kappa shape index (κ2) is 7.78. The van der Waals surface area contributed by atoms with E-state index in [1.54, 1.807) is 6.07 Å². The van der Waals surface area contributed by atoms with Gasteiger partial charge in [0.2, 0.25) is 0 Å². The van der Waals surface area contributed by atoms with Gasteiger partial charge in [-0.15, -0.1) is 0 Å². The summed E-state index contributed by atoms with van der Waals surface area (Å²) < 4.78 is 15.2. The highest BCUT2D eigenvalue weighted by atomic mass is 19.1. The van der Waals surface area contributed by atoms with Crippen LogP contribution in [0, 0.1) is 12.7 Å². The molecule has 27 heavy (non-hydrogen) atoms. The first-order valence-corrected chi connectivity index (χ1v) is 9.31. The Kier molecular flexibility index (Phi) is 5.44. The maximum Gasteiger partial charge on any atom is 0.274 e. The second-order valence-corrected chi connectivity index (χ2v) is 6.46. The Morgan fingerprint density at radius 1 is 1.19 bits per heavy atom. The molecule has 3 aromatic rings. The monoisotopic (exact) mass is 368 g/mol. The molecule has 6 heteroatoms. The van der Waals surface area contributed by atoms with Crippen molar-refractivity contribution in [2.24, 2.45) is 0 Å². The summed E-state index contributed by atoms with van der Waals surface area (Å²) in [6, 6.07) is 8.91. The number of pyridine rings is 1. The highest BCUT2D eigenvalue weighted by Crippen LogP contribution is 2.24. The zero-order valence-electron chi connectivity index (χ0n) is 16.2. The van der Waals surface area contributed by atoms with Gasteiger partial charge in [-0.25, -0.2) is 9.37 Å². The van der Waals surface area contributed by atoms with E-state index in [2.05, 4.69) is 35.1 Å². The van der Waals surface area contributed by atoms with Gasteiger partial charge in [0.1, 0.15) is 17.2 Å². The molecule has 142 valence electrons. The van der Waals surface area contributed by atoms with Gasteiger partial charge < -0.3 is 10.2 Å². The molecule has 5 nitrogen and oxygen atoms in total. The highest BCUT2D eigenvalue weighted by molar-refractivity contribution is 6.05. The van der Waals surface area contributed by atoms with Crippen molar-refractivity contribution in [3.63, 3.8) is 0 Å². The molecule has 0 aliphatic rings. The van der Waals surface area contributed by atoms with Crippen LogP contribution in [0.25, 0.3) is 5.65 Å². The van der Waals surface area contributed by atoms with Crippen LogP contribution in [0.4, 0.5) is 15.8 Å². The molecular formula is C21H25FN4O. The van der Waals surface area contributed by atoms with Crippen LogP contribution in [-0.4, -0.2) is 28.4 Å². The lowest BCUT2D eigenvalue weighted by Gasteiger charge is -2.22. The van der Waals surface area contributed by atoms with Crippen molar-refractivity contribution in [1.82, 2.24) is 9.38 Å². The number of aryl methyl sites for hydroxylation is 2. The van der Waals surface area contributed by atoms with Gasteiger partial charge in [-0.3, -0.25) is 9.20 Å². The van der Waals surface area contributed by atoms with E-state index in [1.807, 2.05) is 26.0 Å². The molecule has 3 rings (SSSR count). The Morgan fingerprint density at radius 2 is 1.93 bits per heavy atom. The number of nitrogens with one attached hydrogen (secondary N) is 1. The fourth-order valence-corrected chi connectivity index (χ4v) is 3.31. The summed E-state index contributed by atoms with van der Waals surface area (Å²) in [6.07, 6.45) is 1.89. The summed E-state index contributed by atoms with van der Waals surface area (Å²) >= 11 is 0. The lowest BCUT2D eigenvalue weighted by atomic mass is 10.1. The van der Waals surface area contributed by atoms with Crippen molar-refractivity contribution in [2.75, 3.05) is 23.3 Å². The number of nitrogens with zero attached hydrogens (tertiary/aromatic N) is 3. The van der Waals surface area contributed by atoms with Crippen molar-refractivity contribution in [3.05, 3.63) is 59.3 Å². The minimum atomic E-state index is -0.406. The number of rotatable bonds is 6. The third kappa shape index (κ3) is 3.65. The predicted molar refractivity (Wildman–Crippen MR) is 107 cm³/mol. The number of anilines is 2. The zero-order chi connectivity index (χ0) is 19.6. The number of hydrogen-bond donors (Lipinski definition) is 1. The van der Waals surface area contributed by atoms with Crippen molar-refractivity contribution < 1.29 is 9.18 Å². The Bertz CT molecular complexity index is 976. The van der Waals surface area contributed by atoms with E-state index in [9.17, 15) is 9.18 Å². The molecule has 0 unspecified atom stereocenters. The van der Waals surface area contributed by atoms with Gasteiger partial charge in [0.25, 0.3) is 5.91 Å². The third-order valence-electron chi connectivity index (χ3n) is 4.79. The number of amides is 1. The largest absolute Gasteiger partial charge is 0.372 e. The SMILES string of the molecule is CCc1nc2ccc(F)cn2c1C(=O)Nc1ccc(N(CC)CC)cc1C. The summed E-state index contributed by atoms with van der Waals surface area (Å²) in [4.78, 5) is 19.7. The topological polar surface area (TPSA) is 49.6 Å². The molecule has 1 aromatic carbocycles.